The number of halogens is 1. The fraction of sp³-hybridized carbons (Fsp3) is 0. The molecule has 0 fully saturated rings. The Bertz CT molecular complexity index is 1130. The lowest BCUT2D eigenvalue weighted by Gasteiger charge is -2.07. The normalized spacial score (nSPS) is 12.0. The molecule has 0 bridgehead atoms. The summed E-state index contributed by atoms with van der Waals surface area (Å²) < 4.78 is 37.2. The highest BCUT2D eigenvalue weighted by Crippen LogP contribution is 2.30. The van der Waals surface area contributed by atoms with Crippen LogP contribution in [0.5, 0.6) is 0 Å². The van der Waals surface area contributed by atoms with Crippen molar-refractivity contribution in [3.8, 4) is 0 Å². The highest BCUT2D eigenvalue weighted by molar-refractivity contribution is 9.10. The van der Waals surface area contributed by atoms with Gasteiger partial charge in [0.05, 0.1) is 22.9 Å². The summed E-state index contributed by atoms with van der Waals surface area (Å²) in [5.74, 6) is 0. The number of para-hydroxylation sites is 1. The standard InChI is InChI=1S/C14H9BrN4O2S2/c15-9-4-1-3-8-12(7-16-13(8)9)23(20,21)19-11-6-2-5-10-14(11)18-22-17-10/h1-7,16,19H. The molecule has 0 aliphatic heterocycles. The molecule has 0 radical (unpaired) electrons. The van der Waals surface area contributed by atoms with Crippen molar-refractivity contribution in [1.82, 2.24) is 13.7 Å². The zero-order chi connectivity index (χ0) is 16.0. The summed E-state index contributed by atoms with van der Waals surface area (Å²) in [5, 5.41) is 0.621. The van der Waals surface area contributed by atoms with Crippen LogP contribution in [0.4, 0.5) is 5.69 Å². The van der Waals surface area contributed by atoms with Crippen LogP contribution < -0.4 is 4.72 Å². The number of nitrogens with zero attached hydrogens (tertiary/aromatic N) is 2. The fourth-order valence-corrected chi connectivity index (χ4v) is 4.67. The maximum absolute atomic E-state index is 12.8. The first-order valence-electron chi connectivity index (χ1n) is 6.56. The molecular formula is C14H9BrN4O2S2. The Morgan fingerprint density at radius 2 is 1.96 bits per heavy atom. The van der Waals surface area contributed by atoms with E-state index in [0.29, 0.717) is 22.1 Å². The van der Waals surface area contributed by atoms with Crippen LogP contribution in [0.3, 0.4) is 0 Å². The number of hydrogen-bond acceptors (Lipinski definition) is 5. The van der Waals surface area contributed by atoms with Crippen LogP contribution in [0.25, 0.3) is 21.9 Å². The second-order valence-electron chi connectivity index (χ2n) is 4.86. The number of benzene rings is 2. The number of aromatic nitrogens is 3. The molecule has 0 saturated carbocycles. The van der Waals surface area contributed by atoms with E-state index < -0.39 is 10.0 Å². The molecule has 23 heavy (non-hydrogen) atoms. The third kappa shape index (κ3) is 2.41. The maximum atomic E-state index is 12.8. The number of H-pyrrole nitrogens is 1. The predicted molar refractivity (Wildman–Crippen MR) is 94.2 cm³/mol. The Labute approximate surface area is 144 Å². The molecule has 4 aromatic rings. The van der Waals surface area contributed by atoms with Gasteiger partial charge in [-0.15, -0.1) is 0 Å². The van der Waals surface area contributed by atoms with Crippen molar-refractivity contribution in [1.29, 1.82) is 0 Å². The molecule has 0 amide bonds. The lowest BCUT2D eigenvalue weighted by atomic mass is 10.2. The second-order valence-corrected chi connectivity index (χ2v) is 7.89. The van der Waals surface area contributed by atoms with Gasteiger partial charge in [-0.1, -0.05) is 18.2 Å². The number of sulfonamides is 1. The van der Waals surface area contributed by atoms with E-state index in [1.807, 2.05) is 6.07 Å². The van der Waals surface area contributed by atoms with Crippen LogP contribution in [0.1, 0.15) is 0 Å². The summed E-state index contributed by atoms with van der Waals surface area (Å²) in [7, 11) is -3.75. The maximum Gasteiger partial charge on any atom is 0.264 e. The van der Waals surface area contributed by atoms with E-state index in [4.69, 9.17) is 0 Å². The van der Waals surface area contributed by atoms with E-state index >= 15 is 0 Å². The molecule has 9 heteroatoms. The van der Waals surface area contributed by atoms with E-state index in [1.54, 1.807) is 30.3 Å². The Kier molecular flexibility index (Phi) is 3.36. The van der Waals surface area contributed by atoms with Gasteiger partial charge in [0.25, 0.3) is 10.0 Å². The zero-order valence-electron chi connectivity index (χ0n) is 11.4. The van der Waals surface area contributed by atoms with E-state index in [1.165, 1.54) is 6.20 Å². The van der Waals surface area contributed by atoms with Gasteiger partial charge in [-0.2, -0.15) is 8.75 Å². The smallest absolute Gasteiger partial charge is 0.264 e. The van der Waals surface area contributed by atoms with Gasteiger partial charge in [-0.05, 0) is 34.1 Å². The van der Waals surface area contributed by atoms with Crippen molar-refractivity contribution in [3.05, 3.63) is 47.1 Å². The molecule has 2 aromatic carbocycles. The lowest BCUT2D eigenvalue weighted by molar-refractivity contribution is 0.602. The number of hydrogen-bond donors (Lipinski definition) is 2. The predicted octanol–water partition coefficient (Wildman–Crippen LogP) is 3.74. The van der Waals surface area contributed by atoms with E-state index in [2.05, 4.69) is 34.4 Å². The van der Waals surface area contributed by atoms with Crippen LogP contribution in [0.2, 0.25) is 0 Å². The van der Waals surface area contributed by atoms with Crippen LogP contribution >= 0.6 is 27.7 Å². The average Bonchev–Trinajstić information content (AvgIpc) is 3.14. The highest BCUT2D eigenvalue weighted by Gasteiger charge is 2.21. The number of aromatic amines is 1. The molecule has 4 rings (SSSR count). The lowest BCUT2D eigenvalue weighted by Crippen LogP contribution is -2.12. The minimum absolute atomic E-state index is 0.189. The first-order chi connectivity index (χ1) is 11.1. The Hall–Kier alpha value is -1.97. The van der Waals surface area contributed by atoms with E-state index in [0.717, 1.165) is 21.7 Å². The molecule has 0 atom stereocenters. The van der Waals surface area contributed by atoms with E-state index in [-0.39, 0.29) is 4.90 Å². The summed E-state index contributed by atoms with van der Waals surface area (Å²) in [6, 6.07) is 10.6. The number of anilines is 1. The van der Waals surface area contributed by atoms with Crippen molar-refractivity contribution in [2.75, 3.05) is 4.72 Å². The van der Waals surface area contributed by atoms with Gasteiger partial charge in [0.1, 0.15) is 15.9 Å². The molecular weight excluding hydrogens is 400 g/mol. The van der Waals surface area contributed by atoms with Crippen molar-refractivity contribution < 1.29 is 8.42 Å². The van der Waals surface area contributed by atoms with Crippen LogP contribution in [0, 0.1) is 0 Å². The fourth-order valence-electron chi connectivity index (χ4n) is 2.40. The summed E-state index contributed by atoms with van der Waals surface area (Å²) in [6.07, 6.45) is 1.48. The topological polar surface area (TPSA) is 87.7 Å². The molecule has 0 spiro atoms. The van der Waals surface area contributed by atoms with Crippen LogP contribution in [0.15, 0.2) is 52.0 Å². The van der Waals surface area contributed by atoms with Crippen molar-refractivity contribution in [2.45, 2.75) is 4.90 Å². The van der Waals surface area contributed by atoms with Gasteiger partial charge in [-0.3, -0.25) is 4.72 Å². The third-order valence-electron chi connectivity index (χ3n) is 3.45. The van der Waals surface area contributed by atoms with Crippen LogP contribution in [-0.2, 0) is 10.0 Å². The summed E-state index contributed by atoms with van der Waals surface area (Å²) in [4.78, 5) is 3.18. The van der Waals surface area contributed by atoms with Gasteiger partial charge >= 0.3 is 0 Å². The molecule has 0 unspecified atom stereocenters. The SMILES string of the molecule is O=S(=O)(Nc1cccc2nsnc12)c1c[nH]c2c(Br)cccc12. The minimum atomic E-state index is -3.75. The summed E-state index contributed by atoms with van der Waals surface area (Å²) >= 11 is 4.46. The first kappa shape index (κ1) is 14.6. The van der Waals surface area contributed by atoms with Gasteiger partial charge < -0.3 is 4.98 Å². The van der Waals surface area contributed by atoms with Gasteiger partial charge in [0.15, 0.2) is 0 Å². The Morgan fingerprint density at radius 1 is 1.13 bits per heavy atom. The van der Waals surface area contributed by atoms with Crippen molar-refractivity contribution in [2.24, 2.45) is 0 Å². The molecule has 2 N–H and O–H groups in total. The number of fused-ring (bicyclic) bond motifs is 2. The Balaban J connectivity index is 1.84. The van der Waals surface area contributed by atoms with Crippen LogP contribution in [-0.4, -0.2) is 22.1 Å². The monoisotopic (exact) mass is 408 g/mol. The third-order valence-corrected chi connectivity index (χ3v) is 6.06. The molecule has 0 aliphatic rings. The Morgan fingerprint density at radius 3 is 2.83 bits per heavy atom. The zero-order valence-corrected chi connectivity index (χ0v) is 14.7. The van der Waals surface area contributed by atoms with Gasteiger partial charge in [0.2, 0.25) is 0 Å². The number of nitrogens with one attached hydrogen (secondary N) is 2. The molecule has 6 nitrogen and oxygen atoms in total. The molecule has 0 aliphatic carbocycles. The first-order valence-corrected chi connectivity index (χ1v) is 9.56. The summed E-state index contributed by atoms with van der Waals surface area (Å²) in [6.45, 7) is 0. The molecule has 0 saturated heterocycles. The largest absolute Gasteiger partial charge is 0.359 e. The molecule has 116 valence electrons. The van der Waals surface area contributed by atoms with E-state index in [9.17, 15) is 8.42 Å². The molecule has 2 heterocycles. The van der Waals surface area contributed by atoms with Crippen molar-refractivity contribution >= 4 is 65.3 Å². The highest BCUT2D eigenvalue weighted by atomic mass is 79.9. The molecule has 2 aromatic heterocycles. The van der Waals surface area contributed by atoms with Crippen molar-refractivity contribution in [3.63, 3.8) is 0 Å². The van der Waals surface area contributed by atoms with Gasteiger partial charge in [-0.25, -0.2) is 8.42 Å². The second kappa shape index (κ2) is 5.29. The number of rotatable bonds is 3. The quantitative estimate of drug-likeness (QED) is 0.540. The summed E-state index contributed by atoms with van der Waals surface area (Å²) in [5.41, 5.74) is 2.36. The average molecular weight is 409 g/mol. The minimum Gasteiger partial charge on any atom is -0.359 e. The van der Waals surface area contributed by atoms with Gasteiger partial charge in [0, 0.05) is 16.1 Å².